The molecule has 0 bridgehead atoms. The van der Waals surface area contributed by atoms with Gasteiger partial charge in [-0.25, -0.2) is 0 Å². The second-order valence-electron chi connectivity index (χ2n) is 4.55. The van der Waals surface area contributed by atoms with Gasteiger partial charge < -0.3 is 15.5 Å². The molecule has 0 aliphatic rings. The molecule has 3 N–H and O–H groups in total. The van der Waals surface area contributed by atoms with Crippen molar-refractivity contribution in [2.75, 3.05) is 5.32 Å². The van der Waals surface area contributed by atoms with E-state index >= 15 is 0 Å². The Hall–Kier alpha value is -2.16. The number of nitrogens with one attached hydrogen (secondary N) is 1. The van der Waals surface area contributed by atoms with E-state index in [9.17, 15) is 10.2 Å². The van der Waals surface area contributed by atoms with E-state index in [0.717, 1.165) is 16.7 Å². The van der Waals surface area contributed by atoms with Crippen molar-refractivity contribution >= 4 is 11.4 Å². The highest BCUT2D eigenvalue weighted by Crippen LogP contribution is 2.34. The lowest BCUT2D eigenvalue weighted by Crippen LogP contribution is -1.94. The van der Waals surface area contributed by atoms with Crippen molar-refractivity contribution in [3.63, 3.8) is 0 Å². The molecule has 0 heterocycles. The Labute approximate surface area is 107 Å². The number of anilines is 2. The zero-order valence-corrected chi connectivity index (χ0v) is 10.8. The molecular weight excluding hydrogens is 226 g/mol. The quantitative estimate of drug-likeness (QED) is 0.704. The van der Waals surface area contributed by atoms with Crippen LogP contribution in [0.5, 0.6) is 11.5 Å². The third-order valence-corrected chi connectivity index (χ3v) is 3.12. The molecule has 94 valence electrons. The number of phenols is 2. The Morgan fingerprint density at radius 2 is 1.50 bits per heavy atom. The monoisotopic (exact) mass is 243 g/mol. The lowest BCUT2D eigenvalue weighted by atomic mass is 10.1. The number of hydrogen-bond acceptors (Lipinski definition) is 3. The number of phenolic OH excluding ortho intramolecular Hbond substituents is 2. The molecule has 0 aliphatic carbocycles. The number of para-hydroxylation sites is 1. The van der Waals surface area contributed by atoms with Crippen LogP contribution in [0.4, 0.5) is 11.4 Å². The van der Waals surface area contributed by atoms with Gasteiger partial charge in [-0.15, -0.1) is 0 Å². The summed E-state index contributed by atoms with van der Waals surface area (Å²) in [6.07, 6.45) is 0. The normalized spacial score (nSPS) is 10.4. The van der Waals surface area contributed by atoms with Gasteiger partial charge in [-0.3, -0.25) is 0 Å². The van der Waals surface area contributed by atoms with E-state index in [2.05, 4.69) is 5.32 Å². The first-order valence-electron chi connectivity index (χ1n) is 5.85. The van der Waals surface area contributed by atoms with E-state index in [1.165, 1.54) is 0 Å². The van der Waals surface area contributed by atoms with E-state index in [1.807, 2.05) is 39.0 Å². The van der Waals surface area contributed by atoms with Crippen LogP contribution in [0.3, 0.4) is 0 Å². The van der Waals surface area contributed by atoms with Crippen molar-refractivity contribution in [1.82, 2.24) is 0 Å². The fourth-order valence-corrected chi connectivity index (χ4v) is 1.81. The molecule has 2 rings (SSSR count). The summed E-state index contributed by atoms with van der Waals surface area (Å²) in [4.78, 5) is 0. The minimum atomic E-state index is 0.180. The van der Waals surface area contributed by atoms with Crippen LogP contribution in [-0.2, 0) is 0 Å². The Morgan fingerprint density at radius 3 is 2.22 bits per heavy atom. The van der Waals surface area contributed by atoms with Crippen LogP contribution in [0.15, 0.2) is 30.3 Å². The summed E-state index contributed by atoms with van der Waals surface area (Å²) in [6, 6.07) is 9.05. The van der Waals surface area contributed by atoms with Crippen LogP contribution in [0.25, 0.3) is 0 Å². The van der Waals surface area contributed by atoms with E-state index in [1.54, 1.807) is 12.1 Å². The second-order valence-corrected chi connectivity index (χ2v) is 4.55. The first-order valence-corrected chi connectivity index (χ1v) is 5.85. The van der Waals surface area contributed by atoms with Crippen molar-refractivity contribution in [1.29, 1.82) is 0 Å². The van der Waals surface area contributed by atoms with Crippen LogP contribution in [0.1, 0.15) is 16.7 Å². The largest absolute Gasteiger partial charge is 0.506 e. The molecular formula is C15H17NO2. The van der Waals surface area contributed by atoms with Crippen molar-refractivity contribution in [3.8, 4) is 11.5 Å². The van der Waals surface area contributed by atoms with Gasteiger partial charge in [0.15, 0.2) is 0 Å². The highest BCUT2D eigenvalue weighted by molar-refractivity contribution is 5.72. The molecule has 0 spiro atoms. The molecule has 2 aromatic carbocycles. The first-order chi connectivity index (χ1) is 8.49. The lowest BCUT2D eigenvalue weighted by molar-refractivity contribution is 0.472. The van der Waals surface area contributed by atoms with E-state index < -0.39 is 0 Å². The molecule has 3 nitrogen and oxygen atoms in total. The molecule has 0 aliphatic heterocycles. The third kappa shape index (κ3) is 2.25. The Kier molecular flexibility index (Phi) is 3.15. The molecule has 0 saturated carbocycles. The standard InChI is InChI=1S/C15H17NO2/c1-9-5-4-6-12(15(9)18)16-13-7-10(2)11(3)8-14(13)17/h4-8,16-18H,1-3H3. The summed E-state index contributed by atoms with van der Waals surface area (Å²) in [7, 11) is 0. The van der Waals surface area contributed by atoms with E-state index in [4.69, 9.17) is 0 Å². The fourth-order valence-electron chi connectivity index (χ4n) is 1.81. The molecule has 0 unspecified atom stereocenters. The van der Waals surface area contributed by atoms with Crippen LogP contribution in [-0.4, -0.2) is 10.2 Å². The van der Waals surface area contributed by atoms with E-state index in [-0.39, 0.29) is 11.5 Å². The van der Waals surface area contributed by atoms with Gasteiger partial charge in [-0.1, -0.05) is 12.1 Å². The number of aryl methyl sites for hydroxylation is 3. The van der Waals surface area contributed by atoms with Crippen molar-refractivity contribution in [2.45, 2.75) is 20.8 Å². The van der Waals surface area contributed by atoms with Gasteiger partial charge in [0.05, 0.1) is 11.4 Å². The summed E-state index contributed by atoms with van der Waals surface area (Å²) in [5, 5.41) is 22.9. The maximum Gasteiger partial charge on any atom is 0.141 e. The molecule has 0 amide bonds. The van der Waals surface area contributed by atoms with E-state index in [0.29, 0.717) is 11.4 Å². The van der Waals surface area contributed by atoms with Crippen LogP contribution in [0.2, 0.25) is 0 Å². The zero-order chi connectivity index (χ0) is 13.3. The van der Waals surface area contributed by atoms with Gasteiger partial charge in [0.25, 0.3) is 0 Å². The number of hydrogen-bond donors (Lipinski definition) is 3. The summed E-state index contributed by atoms with van der Waals surface area (Å²) in [5.74, 6) is 0.383. The highest BCUT2D eigenvalue weighted by Gasteiger charge is 2.08. The second kappa shape index (κ2) is 4.61. The summed E-state index contributed by atoms with van der Waals surface area (Å²) >= 11 is 0. The Morgan fingerprint density at radius 1 is 0.833 bits per heavy atom. The maximum absolute atomic E-state index is 9.93. The van der Waals surface area contributed by atoms with Gasteiger partial charge in [0.1, 0.15) is 11.5 Å². The SMILES string of the molecule is Cc1cc(O)c(Nc2cccc(C)c2O)cc1C. The van der Waals surface area contributed by atoms with Gasteiger partial charge in [-0.05, 0) is 55.7 Å². The third-order valence-electron chi connectivity index (χ3n) is 3.12. The van der Waals surface area contributed by atoms with Crippen molar-refractivity contribution in [3.05, 3.63) is 47.0 Å². The average Bonchev–Trinajstić information content (AvgIpc) is 2.32. The Bertz CT molecular complexity index is 591. The Balaban J connectivity index is 2.40. The predicted octanol–water partition coefficient (Wildman–Crippen LogP) is 3.77. The average molecular weight is 243 g/mol. The molecule has 18 heavy (non-hydrogen) atoms. The smallest absolute Gasteiger partial charge is 0.141 e. The highest BCUT2D eigenvalue weighted by atomic mass is 16.3. The maximum atomic E-state index is 9.93. The number of rotatable bonds is 2. The molecule has 3 heteroatoms. The molecule has 0 radical (unpaired) electrons. The van der Waals surface area contributed by atoms with Gasteiger partial charge >= 0.3 is 0 Å². The van der Waals surface area contributed by atoms with Crippen molar-refractivity contribution in [2.24, 2.45) is 0 Å². The summed E-state index contributed by atoms with van der Waals surface area (Å²) < 4.78 is 0. The lowest BCUT2D eigenvalue weighted by Gasteiger charge is -2.13. The number of aromatic hydroxyl groups is 2. The van der Waals surface area contributed by atoms with Gasteiger partial charge in [-0.2, -0.15) is 0 Å². The van der Waals surface area contributed by atoms with Crippen molar-refractivity contribution < 1.29 is 10.2 Å². The molecule has 0 saturated heterocycles. The minimum Gasteiger partial charge on any atom is -0.506 e. The number of benzene rings is 2. The topological polar surface area (TPSA) is 52.5 Å². The predicted molar refractivity (Wildman–Crippen MR) is 73.7 cm³/mol. The molecule has 0 atom stereocenters. The molecule has 0 aromatic heterocycles. The van der Waals surface area contributed by atoms with Crippen LogP contribution < -0.4 is 5.32 Å². The zero-order valence-electron chi connectivity index (χ0n) is 10.8. The summed E-state index contributed by atoms with van der Waals surface area (Å²) in [6.45, 7) is 5.76. The molecule has 0 fully saturated rings. The van der Waals surface area contributed by atoms with Crippen LogP contribution in [0, 0.1) is 20.8 Å². The fraction of sp³-hybridized carbons (Fsp3) is 0.200. The summed E-state index contributed by atoms with van der Waals surface area (Å²) in [5.41, 5.74) is 4.10. The van der Waals surface area contributed by atoms with Crippen LogP contribution >= 0.6 is 0 Å². The molecule has 2 aromatic rings. The first kappa shape index (κ1) is 12.3. The van der Waals surface area contributed by atoms with Gasteiger partial charge in [0.2, 0.25) is 0 Å². The van der Waals surface area contributed by atoms with Gasteiger partial charge in [0, 0.05) is 0 Å². The minimum absolute atomic E-state index is 0.180.